The number of hydrogen-bond donors (Lipinski definition) is 1. The van der Waals surface area contributed by atoms with Crippen molar-refractivity contribution in [1.82, 2.24) is 5.32 Å². The normalized spacial score (nSPS) is 17.7. The second-order valence-corrected chi connectivity index (χ2v) is 4.19. The number of halogens is 6. The minimum Gasteiger partial charge on any atom is -0.315 e. The molecule has 1 N–H and O–H groups in total. The Hall–Kier alpha value is -1.24. The van der Waals surface area contributed by atoms with E-state index in [2.05, 4.69) is 5.32 Å². The lowest BCUT2D eigenvalue weighted by Gasteiger charge is -2.28. The zero-order chi connectivity index (χ0) is 13.6. The minimum atomic E-state index is -4.77. The van der Waals surface area contributed by atoms with Crippen LogP contribution in [0.3, 0.4) is 0 Å². The van der Waals surface area contributed by atoms with Crippen LogP contribution < -0.4 is 5.32 Å². The van der Waals surface area contributed by atoms with E-state index < -0.39 is 23.5 Å². The first-order valence-electron chi connectivity index (χ1n) is 5.18. The summed E-state index contributed by atoms with van der Waals surface area (Å²) in [5, 5.41) is 2.81. The van der Waals surface area contributed by atoms with Crippen molar-refractivity contribution < 1.29 is 26.3 Å². The number of rotatable bonds is 1. The smallest absolute Gasteiger partial charge is 0.315 e. The summed E-state index contributed by atoms with van der Waals surface area (Å²) in [5.41, 5.74) is -2.42. The van der Waals surface area contributed by atoms with Crippen LogP contribution in [0.1, 0.15) is 22.6 Å². The molecule has 7 heteroatoms. The van der Waals surface area contributed by atoms with Crippen LogP contribution in [0.2, 0.25) is 0 Å². The van der Waals surface area contributed by atoms with Gasteiger partial charge in [-0.05, 0) is 23.8 Å². The van der Waals surface area contributed by atoms with Gasteiger partial charge in [0.2, 0.25) is 0 Å². The third-order valence-electron chi connectivity index (χ3n) is 2.86. The molecule has 0 radical (unpaired) electrons. The van der Waals surface area contributed by atoms with Gasteiger partial charge >= 0.3 is 12.4 Å². The Kier molecular flexibility index (Phi) is 3.04. The Balaban J connectivity index is 2.48. The van der Waals surface area contributed by atoms with Gasteiger partial charge in [0, 0.05) is 19.0 Å². The molecule has 1 fully saturated rings. The van der Waals surface area contributed by atoms with Crippen LogP contribution in [0, 0.1) is 0 Å². The lowest BCUT2D eigenvalue weighted by atomic mass is 9.90. The van der Waals surface area contributed by atoms with E-state index in [0.29, 0.717) is 13.1 Å². The fraction of sp³-hybridized carbons (Fsp3) is 0.455. The molecule has 2 rings (SSSR count). The van der Waals surface area contributed by atoms with Crippen LogP contribution in [0.15, 0.2) is 18.2 Å². The molecule has 0 unspecified atom stereocenters. The molecule has 0 saturated carbocycles. The molecule has 1 aliphatic rings. The van der Waals surface area contributed by atoms with Gasteiger partial charge in [0.25, 0.3) is 0 Å². The van der Waals surface area contributed by atoms with Crippen molar-refractivity contribution in [3.63, 3.8) is 0 Å². The van der Waals surface area contributed by atoms with Gasteiger partial charge in [0.1, 0.15) is 0 Å². The lowest BCUT2D eigenvalue weighted by Crippen LogP contribution is -2.40. The molecule has 1 aromatic carbocycles. The standard InChI is InChI=1S/C11H9F6N/c12-10(13,14)8-1-6(7-4-18-5-7)2-9(3-8)11(15,16)17/h1-3,7,18H,4-5H2. The SMILES string of the molecule is FC(F)(F)c1cc(C2CNC2)cc(C(F)(F)F)c1. The van der Waals surface area contributed by atoms with E-state index in [0.717, 1.165) is 12.1 Å². The van der Waals surface area contributed by atoms with Gasteiger partial charge in [-0.15, -0.1) is 0 Å². The second-order valence-electron chi connectivity index (χ2n) is 4.19. The third kappa shape index (κ3) is 2.60. The summed E-state index contributed by atoms with van der Waals surface area (Å²) < 4.78 is 75.2. The first-order valence-corrected chi connectivity index (χ1v) is 5.18. The first-order chi connectivity index (χ1) is 8.18. The molecule has 1 heterocycles. The molecule has 0 amide bonds. The lowest BCUT2D eigenvalue weighted by molar-refractivity contribution is -0.143. The second kappa shape index (κ2) is 4.15. The zero-order valence-corrected chi connectivity index (χ0v) is 8.99. The predicted octanol–water partition coefficient (Wildman–Crippen LogP) is 3.41. The summed E-state index contributed by atoms with van der Waals surface area (Å²) in [6, 6.07) is 1.73. The van der Waals surface area contributed by atoms with Crippen molar-refractivity contribution in [2.45, 2.75) is 18.3 Å². The maximum Gasteiger partial charge on any atom is 0.416 e. The summed E-state index contributed by atoms with van der Waals surface area (Å²) in [7, 11) is 0. The van der Waals surface area contributed by atoms with Gasteiger partial charge in [-0.1, -0.05) is 0 Å². The molecule has 0 atom stereocenters. The maximum atomic E-state index is 12.5. The summed E-state index contributed by atoms with van der Waals surface area (Å²) in [6.45, 7) is 0.803. The third-order valence-corrected chi connectivity index (χ3v) is 2.86. The van der Waals surface area contributed by atoms with E-state index in [-0.39, 0.29) is 17.5 Å². The molecule has 0 bridgehead atoms. The van der Waals surface area contributed by atoms with Gasteiger partial charge in [0.05, 0.1) is 11.1 Å². The van der Waals surface area contributed by atoms with E-state index in [1.807, 2.05) is 0 Å². The highest BCUT2D eigenvalue weighted by atomic mass is 19.4. The maximum absolute atomic E-state index is 12.5. The van der Waals surface area contributed by atoms with E-state index >= 15 is 0 Å². The van der Waals surface area contributed by atoms with Crippen molar-refractivity contribution in [1.29, 1.82) is 0 Å². The Morgan fingerprint density at radius 3 is 1.56 bits per heavy atom. The van der Waals surface area contributed by atoms with E-state index in [1.54, 1.807) is 0 Å². The predicted molar refractivity (Wildman–Crippen MR) is 52.1 cm³/mol. The molecule has 18 heavy (non-hydrogen) atoms. The fourth-order valence-electron chi connectivity index (χ4n) is 1.74. The largest absolute Gasteiger partial charge is 0.416 e. The van der Waals surface area contributed by atoms with Gasteiger partial charge in [-0.2, -0.15) is 26.3 Å². The number of hydrogen-bond acceptors (Lipinski definition) is 1. The average molecular weight is 269 g/mol. The van der Waals surface area contributed by atoms with Gasteiger partial charge < -0.3 is 5.32 Å². The van der Waals surface area contributed by atoms with Crippen LogP contribution in [-0.2, 0) is 12.4 Å². The molecule has 1 nitrogen and oxygen atoms in total. The highest BCUT2D eigenvalue weighted by Crippen LogP contribution is 2.38. The number of nitrogens with one attached hydrogen (secondary N) is 1. The molecule has 1 aliphatic heterocycles. The highest BCUT2D eigenvalue weighted by Gasteiger charge is 2.37. The van der Waals surface area contributed by atoms with Gasteiger partial charge in [0.15, 0.2) is 0 Å². The molecule has 0 aromatic heterocycles. The minimum absolute atomic E-state index is 0.0795. The first kappa shape index (κ1) is 13.2. The van der Waals surface area contributed by atoms with Crippen molar-refractivity contribution in [2.24, 2.45) is 0 Å². The summed E-state index contributed by atoms with van der Waals surface area (Å²) in [5.74, 6) is -0.284. The van der Waals surface area contributed by atoms with Gasteiger partial charge in [-0.3, -0.25) is 0 Å². The Morgan fingerprint density at radius 2 is 1.28 bits per heavy atom. The fourth-order valence-corrected chi connectivity index (χ4v) is 1.74. The van der Waals surface area contributed by atoms with Crippen LogP contribution in [0.25, 0.3) is 0 Å². The van der Waals surface area contributed by atoms with E-state index in [1.165, 1.54) is 0 Å². The summed E-state index contributed by atoms with van der Waals surface area (Å²) >= 11 is 0. The van der Waals surface area contributed by atoms with Crippen molar-refractivity contribution in [3.8, 4) is 0 Å². The highest BCUT2D eigenvalue weighted by molar-refractivity contribution is 5.36. The number of alkyl halides is 6. The summed E-state index contributed by atoms with van der Waals surface area (Å²) in [4.78, 5) is 0. The summed E-state index contributed by atoms with van der Waals surface area (Å²) in [6.07, 6.45) is -9.54. The molecule has 100 valence electrons. The zero-order valence-electron chi connectivity index (χ0n) is 8.99. The number of benzene rings is 1. The molecule has 1 aromatic rings. The van der Waals surface area contributed by atoms with Crippen molar-refractivity contribution in [3.05, 3.63) is 34.9 Å². The van der Waals surface area contributed by atoms with Gasteiger partial charge in [-0.25, -0.2) is 0 Å². The monoisotopic (exact) mass is 269 g/mol. The van der Waals surface area contributed by atoms with Crippen LogP contribution in [0.5, 0.6) is 0 Å². The Labute approximate surface area is 98.8 Å². The molecular weight excluding hydrogens is 260 g/mol. The Morgan fingerprint density at radius 1 is 0.833 bits per heavy atom. The Bertz CT molecular complexity index is 412. The quantitative estimate of drug-likeness (QED) is 0.770. The average Bonchev–Trinajstić information content (AvgIpc) is 2.11. The van der Waals surface area contributed by atoms with Crippen LogP contribution >= 0.6 is 0 Å². The molecular formula is C11H9F6N. The van der Waals surface area contributed by atoms with E-state index in [9.17, 15) is 26.3 Å². The van der Waals surface area contributed by atoms with Crippen molar-refractivity contribution in [2.75, 3.05) is 13.1 Å². The molecule has 0 spiro atoms. The van der Waals surface area contributed by atoms with Crippen LogP contribution in [0.4, 0.5) is 26.3 Å². The topological polar surface area (TPSA) is 12.0 Å². The van der Waals surface area contributed by atoms with E-state index in [4.69, 9.17) is 0 Å². The van der Waals surface area contributed by atoms with Crippen LogP contribution in [-0.4, -0.2) is 13.1 Å². The molecule has 0 aliphatic carbocycles. The van der Waals surface area contributed by atoms with Crippen molar-refractivity contribution >= 4 is 0 Å². The molecule has 1 saturated heterocycles.